The molecule has 0 aromatic heterocycles. The van der Waals surface area contributed by atoms with Crippen LogP contribution in [0.2, 0.25) is 0 Å². The van der Waals surface area contributed by atoms with Gasteiger partial charge in [-0.1, -0.05) is 140 Å². The van der Waals surface area contributed by atoms with Crippen LogP contribution in [0.3, 0.4) is 0 Å². The molecule has 0 aliphatic heterocycles. The van der Waals surface area contributed by atoms with Crippen LogP contribution < -0.4 is 5.73 Å². The van der Waals surface area contributed by atoms with E-state index in [0.29, 0.717) is 26.2 Å². The molecule has 0 amide bonds. The molecule has 0 atom stereocenters. The second-order valence-electron chi connectivity index (χ2n) is 13.9. The average Bonchev–Trinajstić information content (AvgIpc) is 3.11. The Kier molecular flexibility index (Phi) is 40.0. The number of aliphatic hydroxyl groups excluding tert-OH is 1. The van der Waals surface area contributed by atoms with Crippen molar-refractivity contribution in [1.29, 1.82) is 0 Å². The van der Waals surface area contributed by atoms with E-state index in [9.17, 15) is 9.90 Å². The number of carbonyl (C=O) groups excluding carboxylic acids is 1. The summed E-state index contributed by atoms with van der Waals surface area (Å²) < 4.78 is 11.2. The first-order valence-corrected chi connectivity index (χ1v) is 21.1. The van der Waals surface area contributed by atoms with Crippen molar-refractivity contribution in [3.05, 3.63) is 48.6 Å². The third-order valence-corrected chi connectivity index (χ3v) is 9.21. The number of aliphatic hydroxyl groups is 1. The molecule has 0 spiro atoms. The third-order valence-electron chi connectivity index (χ3n) is 9.21. The Balaban J connectivity index is 4.24. The molecule has 0 aliphatic rings. The van der Waals surface area contributed by atoms with Gasteiger partial charge >= 0.3 is 6.16 Å². The lowest BCUT2D eigenvalue weighted by Gasteiger charge is -2.21. The van der Waals surface area contributed by atoms with Gasteiger partial charge in [0.25, 0.3) is 0 Å². The Bertz CT molecular complexity index is 756. The van der Waals surface area contributed by atoms with Gasteiger partial charge in [-0.05, 0) is 89.9 Å². The van der Waals surface area contributed by atoms with Gasteiger partial charge in [0, 0.05) is 26.2 Å². The van der Waals surface area contributed by atoms with Crippen molar-refractivity contribution < 1.29 is 19.4 Å². The fourth-order valence-electron chi connectivity index (χ4n) is 6.07. The fraction of sp³-hybridized carbons (Fsp3) is 0.795. The maximum Gasteiger partial charge on any atom is 0.508 e. The summed E-state index contributed by atoms with van der Waals surface area (Å²) in [4.78, 5) is 14.5. The van der Waals surface area contributed by atoms with Gasteiger partial charge in [-0.15, -0.1) is 0 Å². The third kappa shape index (κ3) is 37.4. The quantitative estimate of drug-likeness (QED) is 0.0378. The van der Waals surface area contributed by atoms with Gasteiger partial charge in [-0.2, -0.15) is 0 Å². The van der Waals surface area contributed by atoms with Crippen LogP contribution in [0.5, 0.6) is 0 Å². The van der Waals surface area contributed by atoms with E-state index in [1.807, 2.05) is 4.90 Å². The van der Waals surface area contributed by atoms with Crippen LogP contribution in [0.1, 0.15) is 181 Å². The summed E-state index contributed by atoms with van der Waals surface area (Å²) in [6, 6.07) is 0. The van der Waals surface area contributed by atoms with Crippen molar-refractivity contribution >= 4 is 6.16 Å². The molecule has 0 fully saturated rings. The van der Waals surface area contributed by atoms with E-state index in [2.05, 4.69) is 62.5 Å². The van der Waals surface area contributed by atoms with Gasteiger partial charge in [-0.3, -0.25) is 4.90 Å². The van der Waals surface area contributed by atoms with Crippen LogP contribution >= 0.6 is 0 Å². The topological polar surface area (TPSA) is 85.0 Å². The fourth-order valence-corrected chi connectivity index (χ4v) is 6.07. The number of nitrogens with two attached hydrogens (primary N) is 1. The molecular weight excluding hydrogens is 620 g/mol. The Labute approximate surface area is 310 Å². The molecule has 0 aliphatic carbocycles. The van der Waals surface area contributed by atoms with Gasteiger partial charge in [0.05, 0.1) is 6.61 Å². The summed E-state index contributed by atoms with van der Waals surface area (Å²) in [7, 11) is 0. The van der Waals surface area contributed by atoms with Crippen molar-refractivity contribution in [3.63, 3.8) is 0 Å². The van der Waals surface area contributed by atoms with Crippen LogP contribution in [-0.4, -0.2) is 61.7 Å². The molecule has 0 saturated heterocycles. The van der Waals surface area contributed by atoms with E-state index in [-0.39, 0.29) is 19.3 Å². The van der Waals surface area contributed by atoms with E-state index in [0.717, 1.165) is 38.5 Å². The smallest absolute Gasteiger partial charge is 0.433 e. The van der Waals surface area contributed by atoms with E-state index < -0.39 is 6.16 Å². The molecule has 0 rings (SSSR count). The molecule has 6 heteroatoms. The van der Waals surface area contributed by atoms with E-state index in [4.69, 9.17) is 15.2 Å². The molecular formula is C44H82N2O4. The maximum atomic E-state index is 12.5. The first-order chi connectivity index (χ1) is 24.7. The van der Waals surface area contributed by atoms with Crippen molar-refractivity contribution in [3.8, 4) is 0 Å². The maximum absolute atomic E-state index is 12.5. The molecule has 0 bridgehead atoms. The van der Waals surface area contributed by atoms with Gasteiger partial charge in [0.2, 0.25) is 0 Å². The largest absolute Gasteiger partial charge is 0.508 e. The number of ether oxygens (including phenoxy) is 2. The standard InChI is InChI=1S/C44H82N2O4/c1-3-5-7-9-11-13-15-17-19-21-23-25-27-29-31-33-35-43(50-44(48)49-42-40-46(38-37-45)39-41-47)36-34-32-30-28-26-24-22-20-18-16-14-12-10-8-6-4-2/h11-14,17-20,43,47H,3-10,15-16,21-42,45H2,1-2H3/b13-11-,14-12-,19-17-,20-18-. The van der Waals surface area contributed by atoms with Crippen molar-refractivity contribution in [2.24, 2.45) is 5.73 Å². The number of rotatable bonds is 38. The Morgan fingerprint density at radius 3 is 1.42 bits per heavy atom. The number of unbranched alkanes of at least 4 members (excludes halogenated alkanes) is 18. The lowest BCUT2D eigenvalue weighted by molar-refractivity contribution is 0.0115. The first-order valence-electron chi connectivity index (χ1n) is 21.1. The first kappa shape index (κ1) is 48.1. The summed E-state index contributed by atoms with van der Waals surface area (Å²) in [6.45, 7) is 7.08. The summed E-state index contributed by atoms with van der Waals surface area (Å²) in [5.41, 5.74) is 5.66. The molecule has 0 aromatic carbocycles. The summed E-state index contributed by atoms with van der Waals surface area (Å²) >= 11 is 0. The highest BCUT2D eigenvalue weighted by molar-refractivity contribution is 5.60. The number of hydrogen-bond donors (Lipinski definition) is 2. The zero-order chi connectivity index (χ0) is 36.4. The van der Waals surface area contributed by atoms with Gasteiger partial charge in [-0.25, -0.2) is 4.79 Å². The molecule has 3 N–H and O–H groups in total. The monoisotopic (exact) mass is 703 g/mol. The normalized spacial score (nSPS) is 12.3. The minimum absolute atomic E-state index is 0.0644. The number of hydrogen-bond acceptors (Lipinski definition) is 6. The van der Waals surface area contributed by atoms with Crippen LogP contribution in [0.25, 0.3) is 0 Å². The second-order valence-corrected chi connectivity index (χ2v) is 13.9. The SMILES string of the molecule is CCCCC/C=C\C/C=C\CCCCCCCCC(CCCCCCCC/C=C\C/C=C\CCCCC)OC(=O)OCCN(CCN)CCO. The van der Waals surface area contributed by atoms with Crippen LogP contribution in [0.15, 0.2) is 48.6 Å². The number of carbonyl (C=O) groups is 1. The van der Waals surface area contributed by atoms with Crippen molar-refractivity contribution in [2.75, 3.05) is 39.4 Å². The Hall–Kier alpha value is -1.89. The average molecular weight is 703 g/mol. The Morgan fingerprint density at radius 2 is 1.00 bits per heavy atom. The van der Waals surface area contributed by atoms with E-state index >= 15 is 0 Å². The minimum Gasteiger partial charge on any atom is -0.433 e. The molecule has 6 nitrogen and oxygen atoms in total. The number of nitrogens with zero attached hydrogens (tertiary/aromatic N) is 1. The van der Waals surface area contributed by atoms with Gasteiger partial charge < -0.3 is 20.3 Å². The highest BCUT2D eigenvalue weighted by Crippen LogP contribution is 2.18. The molecule has 0 saturated carbocycles. The molecule has 0 aromatic rings. The minimum atomic E-state index is -0.563. The van der Waals surface area contributed by atoms with Crippen molar-refractivity contribution in [1.82, 2.24) is 4.90 Å². The van der Waals surface area contributed by atoms with Crippen LogP contribution in [0.4, 0.5) is 4.79 Å². The zero-order valence-corrected chi connectivity index (χ0v) is 33.0. The summed E-state index contributed by atoms with van der Waals surface area (Å²) in [5, 5.41) is 9.24. The van der Waals surface area contributed by atoms with Crippen LogP contribution in [0, 0.1) is 0 Å². The van der Waals surface area contributed by atoms with Gasteiger partial charge in [0.1, 0.15) is 12.7 Å². The second kappa shape index (κ2) is 41.5. The lowest BCUT2D eigenvalue weighted by Crippen LogP contribution is -2.35. The van der Waals surface area contributed by atoms with Gasteiger partial charge in [0.15, 0.2) is 0 Å². The molecule has 0 radical (unpaired) electrons. The van der Waals surface area contributed by atoms with E-state index in [1.54, 1.807) is 0 Å². The predicted octanol–water partition coefficient (Wildman–Crippen LogP) is 12.2. The Morgan fingerprint density at radius 1 is 0.580 bits per heavy atom. The van der Waals surface area contributed by atoms with E-state index in [1.165, 1.54) is 128 Å². The zero-order valence-electron chi connectivity index (χ0n) is 33.0. The molecule has 0 unspecified atom stereocenters. The van der Waals surface area contributed by atoms with Crippen molar-refractivity contribution in [2.45, 2.75) is 187 Å². The summed E-state index contributed by atoms with van der Waals surface area (Å²) in [6.07, 6.45) is 49.2. The molecule has 0 heterocycles. The molecule has 292 valence electrons. The predicted molar refractivity (Wildman–Crippen MR) is 217 cm³/mol. The highest BCUT2D eigenvalue weighted by atomic mass is 16.7. The highest BCUT2D eigenvalue weighted by Gasteiger charge is 2.16. The molecule has 50 heavy (non-hydrogen) atoms. The van der Waals surface area contributed by atoms with Crippen LogP contribution in [-0.2, 0) is 9.47 Å². The number of allylic oxidation sites excluding steroid dienone is 8. The lowest BCUT2D eigenvalue weighted by atomic mass is 10.0. The summed E-state index contributed by atoms with van der Waals surface area (Å²) in [5.74, 6) is 0.